The van der Waals surface area contributed by atoms with Crippen molar-refractivity contribution in [1.82, 2.24) is 0 Å². The second kappa shape index (κ2) is 7.42. The Bertz CT molecular complexity index is 335. The molecule has 73 valence electrons. The molecule has 0 aromatic heterocycles. The fraction of sp³-hybridized carbons (Fsp3) is 0.182. The van der Waals surface area contributed by atoms with Gasteiger partial charge in [-0.1, -0.05) is 13.0 Å². The predicted octanol–water partition coefficient (Wildman–Crippen LogP) is -2.87. The normalized spacial score (nSPS) is 8.36. The molecule has 0 saturated carbocycles. The summed E-state index contributed by atoms with van der Waals surface area (Å²) in [5.41, 5.74) is 1.44. The second-order valence-electron chi connectivity index (χ2n) is 2.85. The average Bonchev–Trinajstić information content (AvgIpc) is 2.46. The van der Waals surface area contributed by atoms with Crippen LogP contribution in [0.15, 0.2) is 36.4 Å². The van der Waals surface area contributed by atoms with Gasteiger partial charge in [0.25, 0.3) is 0 Å². The Morgan fingerprint density at radius 1 is 1.14 bits per heavy atom. The van der Waals surface area contributed by atoms with Gasteiger partial charge in [0.15, 0.2) is 0 Å². The van der Waals surface area contributed by atoms with Gasteiger partial charge in [0.1, 0.15) is 0 Å². The molecule has 0 aliphatic carbocycles. The van der Waals surface area contributed by atoms with Gasteiger partial charge in [0, 0.05) is 0 Å². The van der Waals surface area contributed by atoms with Crippen molar-refractivity contribution in [2.45, 2.75) is 13.3 Å². The Balaban J connectivity index is 0. The minimum atomic E-state index is 0. The second-order valence-corrected chi connectivity index (χ2v) is 2.85. The third-order valence-corrected chi connectivity index (χ3v) is 2.09. The van der Waals surface area contributed by atoms with Crippen LogP contribution in [0.1, 0.15) is 12.5 Å². The topological polar surface area (TPSA) is 0 Å². The van der Waals surface area contributed by atoms with Crippen molar-refractivity contribution in [3.05, 3.63) is 42.0 Å². The van der Waals surface area contributed by atoms with Crippen LogP contribution in [0.3, 0.4) is 0 Å². The van der Waals surface area contributed by atoms with Gasteiger partial charge in [-0.2, -0.15) is 6.07 Å². The van der Waals surface area contributed by atoms with E-state index in [1.807, 2.05) is 0 Å². The summed E-state index contributed by atoms with van der Waals surface area (Å²) in [6.07, 6.45) is 1.13. The summed E-state index contributed by atoms with van der Waals surface area (Å²) in [7, 11) is 0. The van der Waals surface area contributed by atoms with Crippen molar-refractivity contribution >= 4 is 10.8 Å². The van der Waals surface area contributed by atoms with Crippen LogP contribution in [-0.2, 0) is 28.1 Å². The standard InChI is InChI=1S/C11H11.2ClH.Ti/c1-2-9-7-10-5-3-4-6-11(10)8-9;;;/h3-8H,2H2,1H3;2*1H;/q-1;;;+3/p-2. The van der Waals surface area contributed by atoms with Crippen LogP contribution < -0.4 is 24.8 Å². The van der Waals surface area contributed by atoms with E-state index in [1.165, 1.54) is 16.3 Å². The number of hydrogen-bond donors (Lipinski definition) is 0. The largest absolute Gasteiger partial charge is 3.00 e. The van der Waals surface area contributed by atoms with Crippen molar-refractivity contribution in [3.8, 4) is 0 Å². The molecule has 0 aliphatic heterocycles. The summed E-state index contributed by atoms with van der Waals surface area (Å²) < 4.78 is 0. The first-order valence-corrected chi connectivity index (χ1v) is 4.04. The van der Waals surface area contributed by atoms with Gasteiger partial charge in [-0.25, -0.2) is 0 Å². The number of fused-ring (bicyclic) bond motifs is 1. The smallest absolute Gasteiger partial charge is 1.00 e. The van der Waals surface area contributed by atoms with E-state index in [0.29, 0.717) is 0 Å². The summed E-state index contributed by atoms with van der Waals surface area (Å²) in [5.74, 6) is 0. The number of aryl methyl sites for hydroxylation is 1. The van der Waals surface area contributed by atoms with Gasteiger partial charge < -0.3 is 24.8 Å². The number of hydrogen-bond acceptors (Lipinski definition) is 0. The van der Waals surface area contributed by atoms with Crippen LogP contribution >= 0.6 is 0 Å². The van der Waals surface area contributed by atoms with Gasteiger partial charge in [0.05, 0.1) is 0 Å². The fourth-order valence-corrected chi connectivity index (χ4v) is 1.42. The van der Waals surface area contributed by atoms with E-state index in [-0.39, 0.29) is 46.5 Å². The third-order valence-electron chi connectivity index (χ3n) is 2.09. The van der Waals surface area contributed by atoms with E-state index >= 15 is 0 Å². The Labute approximate surface area is 112 Å². The Morgan fingerprint density at radius 3 is 2.36 bits per heavy atom. The van der Waals surface area contributed by atoms with Crippen LogP contribution in [-0.4, -0.2) is 0 Å². The molecule has 0 spiro atoms. The minimum absolute atomic E-state index is 0. The maximum Gasteiger partial charge on any atom is 3.00 e. The van der Waals surface area contributed by atoms with E-state index < -0.39 is 0 Å². The molecule has 0 bridgehead atoms. The zero-order chi connectivity index (χ0) is 7.68. The molecule has 14 heavy (non-hydrogen) atoms. The maximum atomic E-state index is 2.26. The summed E-state index contributed by atoms with van der Waals surface area (Å²) in [4.78, 5) is 0. The summed E-state index contributed by atoms with van der Waals surface area (Å²) >= 11 is 0. The number of rotatable bonds is 1. The number of benzene rings is 1. The molecule has 2 aromatic carbocycles. The molecule has 3 heteroatoms. The molecule has 2 aromatic rings. The summed E-state index contributed by atoms with van der Waals surface area (Å²) in [6.45, 7) is 2.19. The van der Waals surface area contributed by atoms with Crippen LogP contribution in [0.25, 0.3) is 10.8 Å². The zero-order valence-corrected chi connectivity index (χ0v) is 11.0. The quantitative estimate of drug-likeness (QED) is 0.383. The number of halogens is 2. The van der Waals surface area contributed by atoms with Crippen molar-refractivity contribution in [1.29, 1.82) is 0 Å². The molecule has 0 saturated heterocycles. The van der Waals surface area contributed by atoms with Gasteiger partial charge in [-0.05, 0) is 6.42 Å². The van der Waals surface area contributed by atoms with Crippen LogP contribution in [0, 0.1) is 0 Å². The Kier molecular flexibility index (Phi) is 8.77. The first-order chi connectivity index (χ1) is 5.40. The van der Waals surface area contributed by atoms with Gasteiger partial charge in [-0.3, -0.25) is 0 Å². The molecule has 0 atom stereocenters. The fourth-order valence-electron chi connectivity index (χ4n) is 1.42. The SMILES string of the molecule is CCc1cc2ccccc2[cH-]1.[Cl-].[Cl-].[Ti+3]. The van der Waals surface area contributed by atoms with Crippen molar-refractivity contribution in [2.24, 2.45) is 0 Å². The maximum absolute atomic E-state index is 2.26. The van der Waals surface area contributed by atoms with Crippen LogP contribution in [0.2, 0.25) is 0 Å². The zero-order valence-electron chi connectivity index (χ0n) is 7.93. The first kappa shape index (κ1) is 16.6. The monoisotopic (exact) mass is 261 g/mol. The first-order valence-electron chi connectivity index (χ1n) is 4.04. The van der Waals surface area contributed by atoms with Crippen LogP contribution in [0.4, 0.5) is 0 Å². The van der Waals surface area contributed by atoms with Gasteiger partial charge >= 0.3 is 21.7 Å². The molecule has 0 N–H and O–H groups in total. The van der Waals surface area contributed by atoms with Gasteiger partial charge in [-0.15, -0.1) is 40.6 Å². The Morgan fingerprint density at radius 2 is 1.79 bits per heavy atom. The summed E-state index contributed by atoms with van der Waals surface area (Å²) in [6, 6.07) is 13.0. The van der Waals surface area contributed by atoms with E-state index in [1.54, 1.807) is 0 Å². The van der Waals surface area contributed by atoms with E-state index in [9.17, 15) is 0 Å². The third kappa shape index (κ3) is 3.36. The molecule has 0 amide bonds. The van der Waals surface area contributed by atoms with Crippen LogP contribution in [0.5, 0.6) is 0 Å². The molecule has 2 rings (SSSR count). The molecule has 0 aliphatic rings. The molecule has 0 heterocycles. The van der Waals surface area contributed by atoms with E-state index in [4.69, 9.17) is 0 Å². The molecular weight excluding hydrogens is 251 g/mol. The molecule has 0 fully saturated rings. The summed E-state index contributed by atoms with van der Waals surface area (Å²) in [5, 5.41) is 2.73. The van der Waals surface area contributed by atoms with Gasteiger partial charge in [0.2, 0.25) is 0 Å². The average molecular weight is 262 g/mol. The van der Waals surface area contributed by atoms with E-state index in [2.05, 4.69) is 43.3 Å². The minimum Gasteiger partial charge on any atom is -1.00 e. The molecule has 0 nitrogen and oxygen atoms in total. The van der Waals surface area contributed by atoms with Crippen molar-refractivity contribution in [3.63, 3.8) is 0 Å². The van der Waals surface area contributed by atoms with E-state index in [0.717, 1.165) is 6.42 Å². The van der Waals surface area contributed by atoms with Crippen molar-refractivity contribution in [2.75, 3.05) is 0 Å². The Hall–Kier alpha value is 0.124. The molecule has 0 unspecified atom stereocenters. The predicted molar refractivity (Wildman–Crippen MR) is 48.9 cm³/mol. The molecule has 1 radical (unpaired) electrons. The van der Waals surface area contributed by atoms with Crippen molar-refractivity contribution < 1.29 is 46.5 Å². The molecular formula is C11H11Cl2Ti.